The van der Waals surface area contributed by atoms with E-state index in [1.807, 2.05) is 0 Å². The van der Waals surface area contributed by atoms with Crippen molar-refractivity contribution in [2.45, 2.75) is 6.92 Å². The first-order chi connectivity index (χ1) is 6.19. The van der Waals surface area contributed by atoms with E-state index in [0.717, 1.165) is 0 Å². The van der Waals surface area contributed by atoms with E-state index < -0.39 is 0 Å². The first-order valence-corrected chi connectivity index (χ1v) is 3.75. The number of methoxy groups -OCH3 is 1. The van der Waals surface area contributed by atoms with Gasteiger partial charge in [-0.1, -0.05) is 5.16 Å². The fourth-order valence-corrected chi connectivity index (χ4v) is 0.960. The Kier molecular flexibility index (Phi) is 2.74. The van der Waals surface area contributed by atoms with Crippen LogP contribution in [0, 0.1) is 0 Å². The van der Waals surface area contributed by atoms with Gasteiger partial charge in [-0.05, 0) is 25.1 Å². The average molecular weight is 181 g/mol. The van der Waals surface area contributed by atoms with Crippen molar-refractivity contribution in [3.63, 3.8) is 0 Å². The van der Waals surface area contributed by atoms with Gasteiger partial charge in [0.15, 0.2) is 11.5 Å². The molecule has 2 N–H and O–H groups in total. The van der Waals surface area contributed by atoms with Gasteiger partial charge in [0.1, 0.15) is 0 Å². The van der Waals surface area contributed by atoms with E-state index in [0.29, 0.717) is 17.0 Å². The molecule has 0 atom stereocenters. The number of nitrogens with zero attached hydrogens (tertiary/aromatic N) is 1. The summed E-state index contributed by atoms with van der Waals surface area (Å²) in [6.45, 7) is 1.66. The predicted octanol–water partition coefficient (Wildman–Crippen LogP) is 1.60. The maximum absolute atomic E-state index is 9.26. The molecule has 0 saturated heterocycles. The van der Waals surface area contributed by atoms with Crippen LogP contribution in [0.5, 0.6) is 11.5 Å². The summed E-state index contributed by atoms with van der Waals surface area (Å²) in [6.07, 6.45) is 0. The van der Waals surface area contributed by atoms with E-state index in [1.54, 1.807) is 19.1 Å². The quantitative estimate of drug-likeness (QED) is 0.414. The summed E-state index contributed by atoms with van der Waals surface area (Å²) in [5.74, 6) is 0.428. The van der Waals surface area contributed by atoms with E-state index in [4.69, 9.17) is 9.94 Å². The lowest BCUT2D eigenvalue weighted by atomic mass is 10.1. The lowest BCUT2D eigenvalue weighted by Crippen LogP contribution is -1.95. The molecule has 4 nitrogen and oxygen atoms in total. The van der Waals surface area contributed by atoms with Crippen LogP contribution in [0.3, 0.4) is 0 Å². The van der Waals surface area contributed by atoms with Crippen molar-refractivity contribution < 1.29 is 15.1 Å². The summed E-state index contributed by atoms with van der Waals surface area (Å²) in [5.41, 5.74) is 1.18. The molecule has 0 aliphatic carbocycles. The van der Waals surface area contributed by atoms with E-state index >= 15 is 0 Å². The SMILES string of the molecule is COc1cc(/C(C)=N/O)ccc1O. The van der Waals surface area contributed by atoms with Gasteiger partial charge >= 0.3 is 0 Å². The molecule has 0 fully saturated rings. The molecule has 70 valence electrons. The van der Waals surface area contributed by atoms with Crippen molar-refractivity contribution in [2.75, 3.05) is 7.11 Å². The Morgan fingerprint density at radius 3 is 2.69 bits per heavy atom. The van der Waals surface area contributed by atoms with Gasteiger partial charge in [-0.2, -0.15) is 0 Å². The zero-order valence-corrected chi connectivity index (χ0v) is 7.48. The van der Waals surface area contributed by atoms with Crippen LogP contribution < -0.4 is 4.74 Å². The van der Waals surface area contributed by atoms with Gasteiger partial charge in [-0.15, -0.1) is 0 Å². The number of aromatic hydroxyl groups is 1. The van der Waals surface area contributed by atoms with E-state index in [9.17, 15) is 5.11 Å². The summed E-state index contributed by atoms with van der Waals surface area (Å²) in [5, 5.41) is 20.8. The van der Waals surface area contributed by atoms with Crippen LogP contribution in [0.1, 0.15) is 12.5 Å². The van der Waals surface area contributed by atoms with Crippen molar-refractivity contribution in [3.8, 4) is 11.5 Å². The van der Waals surface area contributed by atoms with Crippen LogP contribution >= 0.6 is 0 Å². The van der Waals surface area contributed by atoms with Gasteiger partial charge in [0.2, 0.25) is 0 Å². The molecule has 1 aromatic carbocycles. The highest BCUT2D eigenvalue weighted by Crippen LogP contribution is 2.26. The van der Waals surface area contributed by atoms with E-state index in [1.165, 1.54) is 13.2 Å². The maximum atomic E-state index is 9.26. The lowest BCUT2D eigenvalue weighted by Gasteiger charge is -2.04. The Hall–Kier alpha value is -1.71. The standard InChI is InChI=1S/C9H11NO3/c1-6(10-12)7-3-4-8(11)9(5-7)13-2/h3-5,11-12H,1-2H3/b10-6+. The molecule has 1 aromatic rings. The summed E-state index contributed by atoms with van der Waals surface area (Å²) in [6, 6.07) is 4.74. The highest BCUT2D eigenvalue weighted by Gasteiger charge is 2.04. The smallest absolute Gasteiger partial charge is 0.161 e. The third-order valence-electron chi connectivity index (χ3n) is 1.75. The second-order valence-corrected chi connectivity index (χ2v) is 2.57. The normalized spacial score (nSPS) is 11.4. The number of phenols is 1. The molecule has 0 unspecified atom stereocenters. The first-order valence-electron chi connectivity index (χ1n) is 3.75. The summed E-state index contributed by atoms with van der Waals surface area (Å²) in [7, 11) is 1.46. The van der Waals surface area contributed by atoms with Gasteiger partial charge in [0.25, 0.3) is 0 Å². The number of benzene rings is 1. The van der Waals surface area contributed by atoms with Gasteiger partial charge in [0.05, 0.1) is 12.8 Å². The predicted molar refractivity (Wildman–Crippen MR) is 48.7 cm³/mol. The molecule has 0 amide bonds. The molecule has 1 rings (SSSR count). The molecule has 0 heterocycles. The number of rotatable bonds is 2. The number of hydrogen-bond acceptors (Lipinski definition) is 4. The van der Waals surface area contributed by atoms with Crippen molar-refractivity contribution in [1.29, 1.82) is 0 Å². The van der Waals surface area contributed by atoms with Crippen LogP contribution in [0.4, 0.5) is 0 Å². The molecular weight excluding hydrogens is 170 g/mol. The fraction of sp³-hybridized carbons (Fsp3) is 0.222. The molecule has 0 spiro atoms. The number of phenolic OH excluding ortho intramolecular Hbond substituents is 1. The monoisotopic (exact) mass is 181 g/mol. The molecule has 0 bridgehead atoms. The second-order valence-electron chi connectivity index (χ2n) is 2.57. The van der Waals surface area contributed by atoms with E-state index in [2.05, 4.69) is 5.16 Å². The highest BCUT2D eigenvalue weighted by atomic mass is 16.5. The minimum Gasteiger partial charge on any atom is -0.504 e. The largest absolute Gasteiger partial charge is 0.504 e. The zero-order chi connectivity index (χ0) is 9.84. The van der Waals surface area contributed by atoms with Gasteiger partial charge in [0, 0.05) is 5.56 Å². The highest BCUT2D eigenvalue weighted by molar-refractivity contribution is 5.98. The maximum Gasteiger partial charge on any atom is 0.161 e. The van der Waals surface area contributed by atoms with Crippen molar-refractivity contribution in [2.24, 2.45) is 5.16 Å². The number of oxime groups is 1. The van der Waals surface area contributed by atoms with Crippen molar-refractivity contribution >= 4 is 5.71 Å². The zero-order valence-electron chi connectivity index (χ0n) is 7.48. The van der Waals surface area contributed by atoms with Crippen LogP contribution in [0.25, 0.3) is 0 Å². The topological polar surface area (TPSA) is 62.0 Å². The van der Waals surface area contributed by atoms with Crippen LogP contribution in [-0.4, -0.2) is 23.1 Å². The van der Waals surface area contributed by atoms with Crippen LogP contribution in [0.2, 0.25) is 0 Å². The molecule has 0 aromatic heterocycles. The number of hydrogen-bond donors (Lipinski definition) is 2. The summed E-state index contributed by atoms with van der Waals surface area (Å²) >= 11 is 0. The van der Waals surface area contributed by atoms with Crippen LogP contribution in [0.15, 0.2) is 23.4 Å². The molecule has 4 heteroatoms. The van der Waals surface area contributed by atoms with Crippen molar-refractivity contribution in [3.05, 3.63) is 23.8 Å². The number of ether oxygens (including phenoxy) is 1. The third-order valence-corrected chi connectivity index (χ3v) is 1.75. The molecular formula is C9H11NO3. The Labute approximate surface area is 76.1 Å². The van der Waals surface area contributed by atoms with Gasteiger partial charge in [-0.25, -0.2) is 0 Å². The molecule has 0 aliphatic rings. The fourth-order valence-electron chi connectivity index (χ4n) is 0.960. The first kappa shape index (κ1) is 9.38. The van der Waals surface area contributed by atoms with Crippen molar-refractivity contribution in [1.82, 2.24) is 0 Å². The third kappa shape index (κ3) is 1.90. The van der Waals surface area contributed by atoms with E-state index in [-0.39, 0.29) is 5.75 Å². The Morgan fingerprint density at radius 2 is 2.15 bits per heavy atom. The van der Waals surface area contributed by atoms with Gasteiger partial charge < -0.3 is 15.1 Å². The summed E-state index contributed by atoms with van der Waals surface area (Å²) < 4.78 is 4.89. The Balaban J connectivity index is 3.13. The molecule has 0 saturated carbocycles. The van der Waals surface area contributed by atoms with Gasteiger partial charge in [-0.3, -0.25) is 0 Å². The molecule has 0 aliphatic heterocycles. The Morgan fingerprint density at radius 1 is 1.46 bits per heavy atom. The minimum absolute atomic E-state index is 0.0667. The molecule has 0 radical (unpaired) electrons. The second kappa shape index (κ2) is 3.80. The molecule has 13 heavy (non-hydrogen) atoms. The van der Waals surface area contributed by atoms with Crippen LogP contribution in [-0.2, 0) is 0 Å². The summed E-state index contributed by atoms with van der Waals surface area (Å²) in [4.78, 5) is 0. The lowest BCUT2D eigenvalue weighted by molar-refractivity contribution is 0.319. The Bertz CT molecular complexity index is 334. The average Bonchev–Trinajstić information content (AvgIpc) is 2.17. The minimum atomic E-state index is 0.0667.